The molecule has 2 aromatic carbocycles. The summed E-state index contributed by atoms with van der Waals surface area (Å²) in [5.74, 6) is 1.89. The molecule has 2 N–H and O–H groups in total. The Morgan fingerprint density at radius 2 is 1.44 bits per heavy atom. The fraction of sp³-hybridized carbons (Fsp3) is 0.300. The summed E-state index contributed by atoms with van der Waals surface area (Å²) < 4.78 is 26.3. The van der Waals surface area contributed by atoms with Crippen molar-refractivity contribution in [2.75, 3.05) is 35.5 Å². The average molecular weight is 376 g/mol. The number of benzene rings is 2. The molecule has 0 aromatic heterocycles. The van der Waals surface area contributed by atoms with E-state index in [-0.39, 0.29) is 11.5 Å². The van der Waals surface area contributed by atoms with Crippen molar-refractivity contribution in [3.63, 3.8) is 0 Å². The van der Waals surface area contributed by atoms with Gasteiger partial charge in [0.25, 0.3) is 0 Å². The maximum Gasteiger partial charge on any atom is 0.203 e. The lowest BCUT2D eigenvalue weighted by molar-refractivity contribution is 0.131. The summed E-state index contributed by atoms with van der Waals surface area (Å²) in [5.41, 5.74) is 1.13. The number of hydrogen-bond donors (Lipinski definition) is 2. The van der Waals surface area contributed by atoms with Gasteiger partial charge < -0.3 is 33.9 Å². The van der Waals surface area contributed by atoms with Gasteiger partial charge in [-0.2, -0.15) is 0 Å². The molecule has 0 saturated carbocycles. The van der Waals surface area contributed by atoms with E-state index in [0.29, 0.717) is 34.1 Å². The van der Waals surface area contributed by atoms with Crippen molar-refractivity contribution in [2.24, 2.45) is 0 Å². The maximum absolute atomic E-state index is 10.8. The summed E-state index contributed by atoms with van der Waals surface area (Å²) in [6.45, 7) is 0. The van der Waals surface area contributed by atoms with Crippen LogP contribution in [-0.2, 0) is 4.74 Å². The van der Waals surface area contributed by atoms with E-state index >= 15 is 0 Å². The average Bonchev–Trinajstić information content (AvgIpc) is 2.70. The molecular weight excluding hydrogens is 352 g/mol. The Kier molecular flexibility index (Phi) is 6.79. The fourth-order valence-electron chi connectivity index (χ4n) is 2.63. The van der Waals surface area contributed by atoms with Gasteiger partial charge in [-0.1, -0.05) is 6.07 Å². The first-order valence-corrected chi connectivity index (χ1v) is 8.09. The number of aliphatic hydroxyl groups excluding tert-OH is 1. The molecule has 0 spiro atoms. The third-order valence-electron chi connectivity index (χ3n) is 4.02. The van der Waals surface area contributed by atoms with E-state index in [1.807, 2.05) is 0 Å². The van der Waals surface area contributed by atoms with Gasteiger partial charge in [0.15, 0.2) is 23.0 Å². The highest BCUT2D eigenvalue weighted by atomic mass is 16.5. The molecule has 0 heterocycles. The van der Waals surface area contributed by atoms with Crippen LogP contribution < -0.4 is 18.9 Å². The molecular formula is C20H24O7. The lowest BCUT2D eigenvalue weighted by Gasteiger charge is -2.18. The fourth-order valence-corrected chi connectivity index (χ4v) is 2.63. The SMILES string of the molecule is CO/C(=C\c1ccc(OC)c(O)c1)C(O)c1cc(OC)c(OC)c(OC)c1. The molecule has 7 heteroatoms. The quantitative estimate of drug-likeness (QED) is 0.685. The largest absolute Gasteiger partial charge is 0.504 e. The van der Waals surface area contributed by atoms with Crippen LogP contribution in [0.3, 0.4) is 0 Å². The van der Waals surface area contributed by atoms with Crippen LogP contribution in [0.5, 0.6) is 28.7 Å². The first kappa shape index (κ1) is 20.3. The van der Waals surface area contributed by atoms with E-state index < -0.39 is 6.10 Å². The summed E-state index contributed by atoms with van der Waals surface area (Å²) in [6, 6.07) is 8.16. The second kappa shape index (κ2) is 9.05. The summed E-state index contributed by atoms with van der Waals surface area (Å²) in [5, 5.41) is 20.7. The predicted molar refractivity (Wildman–Crippen MR) is 101 cm³/mol. The molecule has 0 aliphatic rings. The van der Waals surface area contributed by atoms with Gasteiger partial charge in [-0.15, -0.1) is 0 Å². The van der Waals surface area contributed by atoms with Crippen LogP contribution in [0.15, 0.2) is 36.1 Å². The molecule has 0 aliphatic carbocycles. The number of hydrogen-bond acceptors (Lipinski definition) is 7. The first-order valence-electron chi connectivity index (χ1n) is 8.09. The van der Waals surface area contributed by atoms with E-state index in [2.05, 4.69) is 0 Å². The van der Waals surface area contributed by atoms with Crippen LogP contribution >= 0.6 is 0 Å². The van der Waals surface area contributed by atoms with Crippen molar-refractivity contribution < 1.29 is 33.9 Å². The number of phenols is 1. The topological polar surface area (TPSA) is 86.6 Å². The Bertz CT molecular complexity index is 789. The Balaban J connectivity index is 2.44. The van der Waals surface area contributed by atoms with Gasteiger partial charge in [0.05, 0.1) is 35.5 Å². The summed E-state index contributed by atoms with van der Waals surface area (Å²) in [6.07, 6.45) is 0.528. The number of ether oxygens (including phenoxy) is 5. The molecule has 7 nitrogen and oxygen atoms in total. The highest BCUT2D eigenvalue weighted by Gasteiger charge is 2.21. The first-order chi connectivity index (χ1) is 13.0. The van der Waals surface area contributed by atoms with Gasteiger partial charge in [0.1, 0.15) is 11.9 Å². The second-order valence-corrected chi connectivity index (χ2v) is 5.54. The molecule has 0 saturated heterocycles. The molecule has 0 amide bonds. The minimum Gasteiger partial charge on any atom is -0.504 e. The van der Waals surface area contributed by atoms with E-state index in [9.17, 15) is 10.2 Å². The molecule has 0 aliphatic heterocycles. The normalized spacial score (nSPS) is 12.3. The number of aliphatic hydroxyl groups is 1. The minimum absolute atomic E-state index is 0.0102. The Morgan fingerprint density at radius 1 is 0.852 bits per heavy atom. The summed E-state index contributed by atoms with van der Waals surface area (Å²) in [4.78, 5) is 0. The molecule has 1 atom stereocenters. The van der Waals surface area contributed by atoms with Crippen molar-refractivity contribution in [1.82, 2.24) is 0 Å². The smallest absolute Gasteiger partial charge is 0.203 e. The van der Waals surface area contributed by atoms with Gasteiger partial charge in [0.2, 0.25) is 5.75 Å². The molecule has 1 unspecified atom stereocenters. The molecule has 0 fully saturated rings. The Hall–Kier alpha value is -3.06. The molecule has 0 bridgehead atoms. The van der Waals surface area contributed by atoms with Crippen LogP contribution in [0.25, 0.3) is 6.08 Å². The highest BCUT2D eigenvalue weighted by Crippen LogP contribution is 2.41. The maximum atomic E-state index is 10.8. The molecule has 0 radical (unpaired) electrons. The van der Waals surface area contributed by atoms with Crippen LogP contribution in [0, 0.1) is 0 Å². The highest BCUT2D eigenvalue weighted by molar-refractivity contribution is 5.59. The molecule has 146 valence electrons. The third kappa shape index (κ3) is 4.38. The summed E-state index contributed by atoms with van der Waals surface area (Å²) in [7, 11) is 7.43. The lowest BCUT2D eigenvalue weighted by Crippen LogP contribution is -2.05. The van der Waals surface area contributed by atoms with Crippen LogP contribution in [0.2, 0.25) is 0 Å². The van der Waals surface area contributed by atoms with Gasteiger partial charge >= 0.3 is 0 Å². The van der Waals surface area contributed by atoms with Crippen molar-refractivity contribution in [1.29, 1.82) is 0 Å². The zero-order valence-electron chi connectivity index (χ0n) is 16.0. The van der Waals surface area contributed by atoms with Crippen LogP contribution in [0.4, 0.5) is 0 Å². The van der Waals surface area contributed by atoms with Gasteiger partial charge in [-0.3, -0.25) is 0 Å². The van der Waals surface area contributed by atoms with Gasteiger partial charge in [0, 0.05) is 0 Å². The van der Waals surface area contributed by atoms with Gasteiger partial charge in [-0.25, -0.2) is 0 Å². The molecule has 2 rings (SSSR count). The number of rotatable bonds is 8. The number of aromatic hydroxyl groups is 1. The second-order valence-electron chi connectivity index (χ2n) is 5.54. The monoisotopic (exact) mass is 376 g/mol. The van der Waals surface area contributed by atoms with E-state index in [1.54, 1.807) is 30.3 Å². The van der Waals surface area contributed by atoms with E-state index in [0.717, 1.165) is 0 Å². The standard InChI is InChI=1S/C20H24O7/c1-23-15-7-6-12(8-14(15)21)9-16(24-2)19(22)13-10-17(25-3)20(27-5)18(11-13)26-4/h6-11,19,21-22H,1-5H3/b16-9-. The van der Waals surface area contributed by atoms with Crippen molar-refractivity contribution in [3.8, 4) is 28.7 Å². The summed E-state index contributed by atoms with van der Waals surface area (Å²) >= 11 is 0. The van der Waals surface area contributed by atoms with Crippen molar-refractivity contribution in [2.45, 2.75) is 6.10 Å². The predicted octanol–water partition coefficient (Wildman–Crippen LogP) is 3.15. The van der Waals surface area contributed by atoms with Crippen LogP contribution in [0.1, 0.15) is 17.2 Å². The molecule has 2 aromatic rings. The third-order valence-corrected chi connectivity index (χ3v) is 4.02. The minimum atomic E-state index is -1.09. The van der Waals surface area contributed by atoms with Crippen molar-refractivity contribution in [3.05, 3.63) is 47.2 Å². The number of phenolic OH excluding ortho intramolecular Hbond substituents is 1. The van der Waals surface area contributed by atoms with Crippen LogP contribution in [-0.4, -0.2) is 45.8 Å². The zero-order valence-corrected chi connectivity index (χ0v) is 16.0. The Labute approximate surface area is 158 Å². The van der Waals surface area contributed by atoms with E-state index in [1.165, 1.54) is 41.6 Å². The Morgan fingerprint density at radius 3 is 1.89 bits per heavy atom. The van der Waals surface area contributed by atoms with Gasteiger partial charge in [-0.05, 0) is 41.5 Å². The number of methoxy groups -OCH3 is 5. The lowest BCUT2D eigenvalue weighted by atomic mass is 10.0. The molecule has 27 heavy (non-hydrogen) atoms. The van der Waals surface area contributed by atoms with E-state index in [4.69, 9.17) is 23.7 Å². The van der Waals surface area contributed by atoms with Crippen molar-refractivity contribution >= 4 is 6.08 Å². The zero-order chi connectivity index (χ0) is 20.0.